The maximum Gasteiger partial charge on any atom is 0.140 e. The number of nitrogens with zero attached hydrogens (tertiary/aromatic N) is 2. The molecule has 5 nitrogen and oxygen atoms in total. The molecular formula is C16H25N3O2. The van der Waals surface area contributed by atoms with E-state index in [-0.39, 0.29) is 0 Å². The predicted octanol–water partition coefficient (Wildman–Crippen LogP) is 2.20. The van der Waals surface area contributed by atoms with Crippen molar-refractivity contribution in [2.24, 2.45) is 0 Å². The maximum atomic E-state index is 5.10. The molecular weight excluding hydrogens is 266 g/mol. The van der Waals surface area contributed by atoms with Crippen LogP contribution in [0.15, 0.2) is 24.5 Å². The second-order valence-corrected chi connectivity index (χ2v) is 5.09. The van der Waals surface area contributed by atoms with Crippen molar-refractivity contribution in [1.82, 2.24) is 14.9 Å². The van der Waals surface area contributed by atoms with Crippen molar-refractivity contribution >= 4 is 11.0 Å². The van der Waals surface area contributed by atoms with Gasteiger partial charge in [-0.15, -0.1) is 0 Å². The molecule has 0 aromatic carbocycles. The Labute approximate surface area is 126 Å². The number of nitrogens with one attached hydrogen (secondary N) is 1. The third-order valence-electron chi connectivity index (χ3n) is 3.51. The topological polar surface area (TPSA) is 48.3 Å². The zero-order valence-electron chi connectivity index (χ0n) is 13.0. The first-order valence-electron chi connectivity index (χ1n) is 7.48. The summed E-state index contributed by atoms with van der Waals surface area (Å²) in [4.78, 5) is 4.52. The van der Waals surface area contributed by atoms with Gasteiger partial charge in [0.25, 0.3) is 0 Å². The van der Waals surface area contributed by atoms with Crippen LogP contribution in [-0.4, -0.2) is 43.5 Å². The minimum atomic E-state index is 0.730. The van der Waals surface area contributed by atoms with Gasteiger partial charge in [0.1, 0.15) is 5.65 Å². The van der Waals surface area contributed by atoms with Crippen LogP contribution >= 0.6 is 0 Å². The monoisotopic (exact) mass is 291 g/mol. The Morgan fingerprint density at radius 1 is 1.19 bits per heavy atom. The lowest BCUT2D eigenvalue weighted by Gasteiger charge is -2.04. The molecule has 1 N–H and O–H groups in total. The molecule has 21 heavy (non-hydrogen) atoms. The highest BCUT2D eigenvalue weighted by Crippen LogP contribution is 2.19. The van der Waals surface area contributed by atoms with Crippen LogP contribution in [0.1, 0.15) is 18.4 Å². The summed E-state index contributed by atoms with van der Waals surface area (Å²) in [5, 5.41) is 4.63. The number of aromatic nitrogens is 2. The molecule has 5 heteroatoms. The van der Waals surface area contributed by atoms with Gasteiger partial charge >= 0.3 is 0 Å². The van der Waals surface area contributed by atoms with Crippen molar-refractivity contribution in [3.63, 3.8) is 0 Å². The Morgan fingerprint density at radius 2 is 2.05 bits per heavy atom. The van der Waals surface area contributed by atoms with Crippen LogP contribution < -0.4 is 5.32 Å². The highest BCUT2D eigenvalue weighted by molar-refractivity contribution is 5.80. The quantitative estimate of drug-likeness (QED) is 0.682. The first-order valence-corrected chi connectivity index (χ1v) is 7.48. The molecule has 2 rings (SSSR count). The number of unbranched alkanes of at least 4 members (excludes halogenated alkanes) is 1. The van der Waals surface area contributed by atoms with E-state index in [9.17, 15) is 0 Å². The first-order chi connectivity index (χ1) is 10.4. The summed E-state index contributed by atoms with van der Waals surface area (Å²) in [5.74, 6) is 0. The summed E-state index contributed by atoms with van der Waals surface area (Å²) in [6.45, 7) is 4.23. The van der Waals surface area contributed by atoms with Gasteiger partial charge in [-0.3, -0.25) is 0 Å². The fourth-order valence-electron chi connectivity index (χ4n) is 2.43. The third kappa shape index (κ3) is 4.52. The van der Waals surface area contributed by atoms with E-state index in [1.54, 1.807) is 14.2 Å². The minimum Gasteiger partial charge on any atom is -0.385 e. The molecule has 0 aliphatic carbocycles. The Hall–Kier alpha value is -1.43. The van der Waals surface area contributed by atoms with Crippen molar-refractivity contribution in [2.75, 3.05) is 34.0 Å². The largest absolute Gasteiger partial charge is 0.385 e. The fraction of sp³-hybridized carbons (Fsp3) is 0.562. The average Bonchev–Trinajstić information content (AvgIpc) is 2.87. The van der Waals surface area contributed by atoms with E-state index >= 15 is 0 Å². The standard InChI is InChI=1S/C16H25N3O2/c1-20-10-4-3-9-19-13-14(12-17-8-11-21-2)15-6-5-7-18-16(15)19/h5-7,13,17H,3-4,8-12H2,1-2H3. The molecule has 0 aliphatic heterocycles. The molecule has 116 valence electrons. The molecule has 2 aromatic heterocycles. The lowest BCUT2D eigenvalue weighted by Crippen LogP contribution is -2.18. The van der Waals surface area contributed by atoms with E-state index in [1.165, 1.54) is 10.9 Å². The Bertz CT molecular complexity index is 493. The molecule has 0 fully saturated rings. The zero-order chi connectivity index (χ0) is 14.9. The van der Waals surface area contributed by atoms with Gasteiger partial charge in [0, 0.05) is 58.2 Å². The van der Waals surface area contributed by atoms with Crippen LogP contribution in [0, 0.1) is 0 Å². The summed E-state index contributed by atoms with van der Waals surface area (Å²) in [5.41, 5.74) is 2.36. The van der Waals surface area contributed by atoms with Gasteiger partial charge in [-0.25, -0.2) is 4.98 Å². The maximum absolute atomic E-state index is 5.10. The Kier molecular flexibility index (Phi) is 6.66. The van der Waals surface area contributed by atoms with Crippen molar-refractivity contribution in [1.29, 1.82) is 0 Å². The third-order valence-corrected chi connectivity index (χ3v) is 3.51. The van der Waals surface area contributed by atoms with Gasteiger partial charge in [-0.1, -0.05) is 0 Å². The van der Waals surface area contributed by atoms with Crippen molar-refractivity contribution in [3.8, 4) is 0 Å². The van der Waals surface area contributed by atoms with E-state index in [4.69, 9.17) is 9.47 Å². The number of hydrogen-bond donors (Lipinski definition) is 1. The summed E-state index contributed by atoms with van der Waals surface area (Å²) >= 11 is 0. The van der Waals surface area contributed by atoms with Gasteiger partial charge in [0.05, 0.1) is 6.61 Å². The highest BCUT2D eigenvalue weighted by Gasteiger charge is 2.08. The zero-order valence-corrected chi connectivity index (χ0v) is 13.0. The minimum absolute atomic E-state index is 0.730. The number of methoxy groups -OCH3 is 2. The van der Waals surface area contributed by atoms with Crippen LogP contribution in [0.2, 0.25) is 0 Å². The second-order valence-electron chi connectivity index (χ2n) is 5.09. The summed E-state index contributed by atoms with van der Waals surface area (Å²) in [6.07, 6.45) is 6.25. The van der Waals surface area contributed by atoms with Crippen LogP contribution in [-0.2, 0) is 22.6 Å². The van der Waals surface area contributed by atoms with E-state index in [2.05, 4.69) is 27.1 Å². The molecule has 2 aromatic rings. The van der Waals surface area contributed by atoms with Crippen molar-refractivity contribution in [2.45, 2.75) is 25.9 Å². The average molecular weight is 291 g/mol. The van der Waals surface area contributed by atoms with Crippen LogP contribution in [0.3, 0.4) is 0 Å². The van der Waals surface area contributed by atoms with Crippen molar-refractivity contribution < 1.29 is 9.47 Å². The molecule has 0 aliphatic rings. The number of aryl methyl sites for hydroxylation is 1. The number of fused-ring (bicyclic) bond motifs is 1. The van der Waals surface area contributed by atoms with Gasteiger partial charge in [0.15, 0.2) is 0 Å². The molecule has 0 atom stereocenters. The predicted molar refractivity (Wildman–Crippen MR) is 84.4 cm³/mol. The summed E-state index contributed by atoms with van der Waals surface area (Å²) in [7, 11) is 3.47. The summed E-state index contributed by atoms with van der Waals surface area (Å²) in [6, 6.07) is 4.14. The van der Waals surface area contributed by atoms with Crippen LogP contribution in [0.4, 0.5) is 0 Å². The molecule has 0 spiro atoms. The van der Waals surface area contributed by atoms with Gasteiger partial charge in [0.2, 0.25) is 0 Å². The van der Waals surface area contributed by atoms with E-state index in [1.807, 2.05) is 12.3 Å². The van der Waals surface area contributed by atoms with E-state index < -0.39 is 0 Å². The number of hydrogen-bond acceptors (Lipinski definition) is 4. The number of rotatable bonds is 10. The smallest absolute Gasteiger partial charge is 0.140 e. The fourth-order valence-corrected chi connectivity index (χ4v) is 2.43. The SMILES string of the molecule is COCCCCn1cc(CNCCOC)c2cccnc21. The molecule has 0 unspecified atom stereocenters. The lowest BCUT2D eigenvalue weighted by molar-refractivity contribution is 0.191. The Morgan fingerprint density at radius 3 is 2.86 bits per heavy atom. The van der Waals surface area contributed by atoms with E-state index in [0.717, 1.165) is 51.3 Å². The molecule has 0 bridgehead atoms. The summed E-state index contributed by atoms with van der Waals surface area (Å²) < 4.78 is 12.4. The van der Waals surface area contributed by atoms with Crippen molar-refractivity contribution in [3.05, 3.63) is 30.1 Å². The number of pyridine rings is 1. The first kappa shape index (κ1) is 15.9. The molecule has 0 saturated carbocycles. The van der Waals surface area contributed by atoms with Gasteiger partial charge in [-0.05, 0) is 30.5 Å². The van der Waals surface area contributed by atoms with Crippen LogP contribution in [0.5, 0.6) is 0 Å². The second kappa shape index (κ2) is 8.77. The van der Waals surface area contributed by atoms with E-state index in [0.29, 0.717) is 0 Å². The highest BCUT2D eigenvalue weighted by atomic mass is 16.5. The molecule has 0 amide bonds. The normalized spacial score (nSPS) is 11.3. The van der Waals surface area contributed by atoms with Crippen LogP contribution in [0.25, 0.3) is 11.0 Å². The van der Waals surface area contributed by atoms with Gasteiger partial charge in [-0.2, -0.15) is 0 Å². The molecule has 2 heterocycles. The lowest BCUT2D eigenvalue weighted by atomic mass is 10.2. The van der Waals surface area contributed by atoms with Gasteiger partial charge < -0.3 is 19.4 Å². The molecule has 0 radical (unpaired) electrons. The Balaban J connectivity index is 2.03. The molecule has 0 saturated heterocycles. The number of ether oxygens (including phenoxy) is 2.